The molecule has 2 aromatic rings. The molecule has 3 rings (SSSR count). The summed E-state index contributed by atoms with van der Waals surface area (Å²) in [5.41, 5.74) is 9.64. The summed E-state index contributed by atoms with van der Waals surface area (Å²) in [6.45, 7) is 3.17. The predicted octanol–water partition coefficient (Wildman–Crippen LogP) is 3.85. The van der Waals surface area contributed by atoms with Gasteiger partial charge in [0.05, 0.1) is 11.4 Å². The molecule has 0 aromatic heterocycles. The number of rotatable bonds is 2. The fourth-order valence-corrected chi connectivity index (χ4v) is 2.42. The molecule has 1 aliphatic heterocycles. The van der Waals surface area contributed by atoms with E-state index in [0.29, 0.717) is 24.7 Å². The van der Waals surface area contributed by atoms with Gasteiger partial charge < -0.3 is 20.5 Å². The van der Waals surface area contributed by atoms with Gasteiger partial charge in [0.15, 0.2) is 11.5 Å². The predicted molar refractivity (Wildman–Crippen MR) is 84.0 cm³/mol. The van der Waals surface area contributed by atoms with E-state index in [9.17, 15) is 0 Å². The first-order chi connectivity index (χ1) is 9.63. The van der Waals surface area contributed by atoms with Gasteiger partial charge in [0.25, 0.3) is 0 Å². The van der Waals surface area contributed by atoms with Crippen LogP contribution in [0.5, 0.6) is 11.5 Å². The van der Waals surface area contributed by atoms with E-state index < -0.39 is 0 Å². The first-order valence-corrected chi connectivity index (χ1v) is 7.15. The summed E-state index contributed by atoms with van der Waals surface area (Å²) in [4.78, 5) is 0. The topological polar surface area (TPSA) is 56.5 Å². The van der Waals surface area contributed by atoms with Crippen LogP contribution in [-0.4, -0.2) is 13.2 Å². The monoisotopic (exact) mass is 334 g/mol. The lowest BCUT2D eigenvalue weighted by Crippen LogP contribution is -2.15. The van der Waals surface area contributed by atoms with Crippen LogP contribution < -0.4 is 20.5 Å². The van der Waals surface area contributed by atoms with Crippen molar-refractivity contribution in [2.24, 2.45) is 0 Å². The molecule has 0 atom stereocenters. The van der Waals surface area contributed by atoms with Gasteiger partial charge in [-0.3, -0.25) is 0 Å². The number of nitrogens with two attached hydrogens (primary N) is 1. The Hall–Kier alpha value is -1.88. The normalized spacial score (nSPS) is 13.1. The van der Waals surface area contributed by atoms with Crippen molar-refractivity contribution in [1.29, 1.82) is 0 Å². The second-order valence-corrected chi connectivity index (χ2v) is 5.53. The van der Waals surface area contributed by atoms with Crippen molar-refractivity contribution in [3.63, 3.8) is 0 Å². The molecule has 1 aliphatic rings. The Kier molecular flexibility index (Phi) is 3.44. The van der Waals surface area contributed by atoms with Crippen molar-refractivity contribution in [2.45, 2.75) is 6.92 Å². The van der Waals surface area contributed by atoms with Gasteiger partial charge in [0.2, 0.25) is 0 Å². The van der Waals surface area contributed by atoms with Crippen molar-refractivity contribution in [1.82, 2.24) is 0 Å². The SMILES string of the molecule is Cc1ccc(Nc2cc3c(cc2N)OCCO3)cc1Br. The maximum absolute atomic E-state index is 6.05. The minimum atomic E-state index is 0.560. The molecule has 5 heteroatoms. The van der Waals surface area contributed by atoms with Crippen molar-refractivity contribution in [2.75, 3.05) is 24.3 Å². The number of hydrogen-bond acceptors (Lipinski definition) is 4. The molecular formula is C15H15BrN2O2. The van der Waals surface area contributed by atoms with Gasteiger partial charge in [-0.05, 0) is 24.6 Å². The Morgan fingerprint density at radius 1 is 1.10 bits per heavy atom. The largest absolute Gasteiger partial charge is 0.486 e. The van der Waals surface area contributed by atoms with E-state index in [1.165, 1.54) is 5.56 Å². The molecule has 2 aromatic carbocycles. The van der Waals surface area contributed by atoms with Gasteiger partial charge in [0, 0.05) is 22.3 Å². The maximum atomic E-state index is 6.05. The number of nitrogen functional groups attached to an aromatic ring is 1. The molecule has 0 radical (unpaired) electrons. The van der Waals surface area contributed by atoms with Gasteiger partial charge >= 0.3 is 0 Å². The summed E-state index contributed by atoms with van der Waals surface area (Å²) >= 11 is 3.52. The number of halogens is 1. The lowest BCUT2D eigenvalue weighted by Gasteiger charge is -2.20. The summed E-state index contributed by atoms with van der Waals surface area (Å²) in [5.74, 6) is 1.42. The lowest BCUT2D eigenvalue weighted by molar-refractivity contribution is 0.172. The third-order valence-corrected chi connectivity index (χ3v) is 4.02. The van der Waals surface area contributed by atoms with Gasteiger partial charge in [-0.25, -0.2) is 0 Å². The Bertz CT molecular complexity index is 659. The molecule has 104 valence electrons. The van der Waals surface area contributed by atoms with Crippen LogP contribution >= 0.6 is 15.9 Å². The number of fused-ring (bicyclic) bond motifs is 1. The van der Waals surface area contributed by atoms with E-state index in [-0.39, 0.29) is 0 Å². The molecule has 0 fully saturated rings. The molecule has 0 saturated heterocycles. The first-order valence-electron chi connectivity index (χ1n) is 6.36. The van der Waals surface area contributed by atoms with Gasteiger partial charge in [-0.1, -0.05) is 22.0 Å². The van der Waals surface area contributed by atoms with Gasteiger partial charge in [-0.15, -0.1) is 0 Å². The third-order valence-electron chi connectivity index (χ3n) is 3.17. The van der Waals surface area contributed by atoms with Gasteiger partial charge in [-0.2, -0.15) is 0 Å². The average molecular weight is 335 g/mol. The first kappa shape index (κ1) is 13.1. The van der Waals surface area contributed by atoms with Crippen LogP contribution in [-0.2, 0) is 0 Å². The summed E-state index contributed by atoms with van der Waals surface area (Å²) in [6, 6.07) is 9.74. The number of nitrogens with one attached hydrogen (secondary N) is 1. The molecule has 0 aliphatic carbocycles. The Labute approximate surface area is 126 Å². The van der Waals surface area contributed by atoms with Crippen LogP contribution in [0.15, 0.2) is 34.8 Å². The van der Waals surface area contributed by atoms with Crippen molar-refractivity contribution >= 4 is 33.0 Å². The van der Waals surface area contributed by atoms with Crippen LogP contribution in [0, 0.1) is 6.92 Å². The van der Waals surface area contributed by atoms with Crippen LogP contribution in [0.25, 0.3) is 0 Å². The number of ether oxygens (including phenoxy) is 2. The van der Waals surface area contributed by atoms with Crippen molar-refractivity contribution < 1.29 is 9.47 Å². The third kappa shape index (κ3) is 2.54. The smallest absolute Gasteiger partial charge is 0.163 e. The molecule has 0 saturated carbocycles. The Balaban J connectivity index is 1.92. The quantitative estimate of drug-likeness (QED) is 0.819. The molecular weight excluding hydrogens is 320 g/mol. The van der Waals surface area contributed by atoms with Gasteiger partial charge in [0.1, 0.15) is 13.2 Å². The molecule has 0 amide bonds. The maximum Gasteiger partial charge on any atom is 0.163 e. The van der Waals surface area contributed by atoms with E-state index in [4.69, 9.17) is 15.2 Å². The van der Waals surface area contributed by atoms with Crippen LogP contribution in [0.1, 0.15) is 5.56 Å². The highest BCUT2D eigenvalue weighted by atomic mass is 79.9. The average Bonchev–Trinajstić information content (AvgIpc) is 2.44. The highest BCUT2D eigenvalue weighted by Crippen LogP contribution is 2.38. The van der Waals surface area contributed by atoms with Crippen molar-refractivity contribution in [3.05, 3.63) is 40.4 Å². The van der Waals surface area contributed by atoms with E-state index in [2.05, 4.69) is 21.2 Å². The van der Waals surface area contributed by atoms with E-state index >= 15 is 0 Å². The van der Waals surface area contributed by atoms with Crippen LogP contribution in [0.4, 0.5) is 17.1 Å². The molecule has 3 N–H and O–H groups in total. The van der Waals surface area contributed by atoms with E-state index in [1.54, 1.807) is 6.07 Å². The summed E-state index contributed by atoms with van der Waals surface area (Å²) in [7, 11) is 0. The number of anilines is 3. The zero-order valence-electron chi connectivity index (χ0n) is 11.1. The molecule has 4 nitrogen and oxygen atoms in total. The second kappa shape index (κ2) is 5.25. The highest BCUT2D eigenvalue weighted by Gasteiger charge is 2.14. The summed E-state index contributed by atoms with van der Waals surface area (Å²) in [5, 5.41) is 3.30. The minimum absolute atomic E-state index is 0.560. The molecule has 20 heavy (non-hydrogen) atoms. The molecule has 0 bridgehead atoms. The molecule has 0 unspecified atom stereocenters. The zero-order chi connectivity index (χ0) is 14.1. The van der Waals surface area contributed by atoms with Crippen LogP contribution in [0.3, 0.4) is 0 Å². The molecule has 1 heterocycles. The molecule has 0 spiro atoms. The van der Waals surface area contributed by atoms with Crippen LogP contribution in [0.2, 0.25) is 0 Å². The Morgan fingerprint density at radius 2 is 1.80 bits per heavy atom. The number of hydrogen-bond donors (Lipinski definition) is 2. The fourth-order valence-electron chi connectivity index (χ4n) is 2.04. The van der Waals surface area contributed by atoms with Crippen molar-refractivity contribution in [3.8, 4) is 11.5 Å². The Morgan fingerprint density at radius 3 is 2.50 bits per heavy atom. The number of benzene rings is 2. The van der Waals surface area contributed by atoms with E-state index in [0.717, 1.165) is 21.6 Å². The number of aryl methyl sites for hydroxylation is 1. The second-order valence-electron chi connectivity index (χ2n) is 4.67. The zero-order valence-corrected chi connectivity index (χ0v) is 12.7. The fraction of sp³-hybridized carbons (Fsp3) is 0.200. The lowest BCUT2D eigenvalue weighted by atomic mass is 10.2. The highest BCUT2D eigenvalue weighted by molar-refractivity contribution is 9.10. The summed E-state index contributed by atoms with van der Waals surface area (Å²) in [6.07, 6.45) is 0. The summed E-state index contributed by atoms with van der Waals surface area (Å²) < 4.78 is 12.1. The van der Waals surface area contributed by atoms with E-state index in [1.807, 2.05) is 31.2 Å². The minimum Gasteiger partial charge on any atom is -0.486 e. The standard InChI is InChI=1S/C15H15BrN2O2/c1-9-2-3-10(6-11(9)16)18-13-8-15-14(7-12(13)17)19-4-5-20-15/h2-3,6-8,18H,4-5,17H2,1H3.